The van der Waals surface area contributed by atoms with Gasteiger partial charge in [0, 0.05) is 61.9 Å². The maximum Gasteiger partial charge on any atom is 0.227 e. The fraction of sp³-hybridized carbons (Fsp3) is 0.406. The highest BCUT2D eigenvalue weighted by Gasteiger charge is 2.26. The Morgan fingerprint density at radius 3 is 2.43 bits per heavy atom. The molecule has 2 saturated heterocycles. The van der Waals surface area contributed by atoms with Gasteiger partial charge in [0.15, 0.2) is 0 Å². The lowest BCUT2D eigenvalue weighted by Crippen LogP contribution is -2.49. The van der Waals surface area contributed by atoms with E-state index in [2.05, 4.69) is 53.5 Å². The quantitative estimate of drug-likeness (QED) is 0.284. The second-order valence-electron chi connectivity index (χ2n) is 11.1. The highest BCUT2D eigenvalue weighted by atomic mass is 16.5. The van der Waals surface area contributed by atoms with Crippen LogP contribution < -0.4 is 19.7 Å². The Labute approximate surface area is 257 Å². The van der Waals surface area contributed by atoms with E-state index in [4.69, 9.17) is 14.2 Å². The lowest BCUT2D eigenvalue weighted by Gasteiger charge is -2.40. The fourth-order valence-corrected chi connectivity index (χ4v) is 5.83. The third-order valence-corrected chi connectivity index (χ3v) is 8.17. The number of nitriles is 1. The summed E-state index contributed by atoms with van der Waals surface area (Å²) >= 11 is 0. The molecule has 2 aliphatic rings. The van der Waals surface area contributed by atoms with Crippen LogP contribution in [0.25, 0.3) is 11.1 Å². The number of rotatable bonds is 10. The smallest absolute Gasteiger partial charge is 0.227 e. The van der Waals surface area contributed by atoms with Gasteiger partial charge in [0.2, 0.25) is 5.95 Å². The Bertz CT molecular complexity index is 1560. The van der Waals surface area contributed by atoms with Crippen molar-refractivity contribution in [3.63, 3.8) is 0 Å². The molecule has 4 heterocycles. The summed E-state index contributed by atoms with van der Waals surface area (Å²) in [6, 6.07) is 14.5. The van der Waals surface area contributed by atoms with E-state index in [1.54, 1.807) is 38.2 Å². The van der Waals surface area contributed by atoms with E-state index in [-0.39, 0.29) is 6.10 Å². The Morgan fingerprint density at radius 1 is 0.977 bits per heavy atom. The lowest BCUT2D eigenvalue weighted by molar-refractivity contribution is 0.0115. The number of hydrogen-bond donors (Lipinski definition) is 1. The summed E-state index contributed by atoms with van der Waals surface area (Å²) in [6.45, 7) is 8.30. The van der Waals surface area contributed by atoms with Crippen LogP contribution in [0.5, 0.6) is 11.5 Å². The van der Waals surface area contributed by atoms with Crippen molar-refractivity contribution >= 4 is 17.3 Å². The molecule has 0 aliphatic carbocycles. The Hall–Kier alpha value is -4.73. The first-order chi connectivity index (χ1) is 21.6. The number of nitrogens with zero attached hydrogens (tertiary/aromatic N) is 8. The van der Waals surface area contributed by atoms with Crippen LogP contribution in [0.1, 0.15) is 25.3 Å². The zero-order valence-corrected chi connectivity index (χ0v) is 25.1. The summed E-state index contributed by atoms with van der Waals surface area (Å²) in [7, 11) is 1.68. The maximum absolute atomic E-state index is 9.61. The first-order valence-corrected chi connectivity index (χ1v) is 15.0. The van der Waals surface area contributed by atoms with E-state index < -0.39 is 0 Å². The molecule has 6 rings (SSSR count). The molecule has 2 aliphatic heterocycles. The Kier molecular flexibility index (Phi) is 9.14. The molecule has 2 fully saturated rings. The molecule has 1 N–H and O–H groups in total. The lowest BCUT2D eigenvalue weighted by atomic mass is 10.0. The van der Waals surface area contributed by atoms with Crippen LogP contribution in [0.2, 0.25) is 0 Å². The number of hydrogen-bond acceptors (Lipinski definition) is 11. The molecular weight excluding hydrogens is 558 g/mol. The van der Waals surface area contributed by atoms with Crippen molar-refractivity contribution in [1.29, 1.82) is 5.26 Å². The predicted molar refractivity (Wildman–Crippen MR) is 166 cm³/mol. The first kappa shape index (κ1) is 29.3. The van der Waals surface area contributed by atoms with Gasteiger partial charge in [0.1, 0.15) is 36.3 Å². The van der Waals surface area contributed by atoms with Crippen molar-refractivity contribution in [2.24, 2.45) is 0 Å². The van der Waals surface area contributed by atoms with Crippen molar-refractivity contribution in [2.45, 2.75) is 38.5 Å². The molecule has 12 nitrogen and oxygen atoms in total. The zero-order valence-electron chi connectivity index (χ0n) is 25.1. The van der Waals surface area contributed by atoms with Gasteiger partial charge in [-0.25, -0.2) is 9.97 Å². The molecule has 2 aromatic heterocycles. The molecule has 4 aromatic rings. The van der Waals surface area contributed by atoms with Crippen molar-refractivity contribution in [3.8, 4) is 28.7 Å². The molecule has 0 amide bonds. The van der Waals surface area contributed by atoms with Crippen molar-refractivity contribution in [3.05, 3.63) is 67.0 Å². The number of nitrogens with one attached hydrogen (secondary N) is 1. The van der Waals surface area contributed by atoms with Crippen LogP contribution in [0, 0.1) is 11.3 Å². The van der Waals surface area contributed by atoms with Crippen molar-refractivity contribution < 1.29 is 14.2 Å². The third kappa shape index (κ3) is 6.90. The minimum absolute atomic E-state index is 0.195. The first-order valence-electron chi connectivity index (χ1n) is 15.0. The number of morpholine rings is 1. The van der Waals surface area contributed by atoms with Crippen LogP contribution in [-0.2, 0) is 11.3 Å². The number of aromatic nitrogens is 5. The van der Waals surface area contributed by atoms with Gasteiger partial charge in [-0.15, -0.1) is 10.2 Å². The van der Waals surface area contributed by atoms with Crippen molar-refractivity contribution in [2.75, 3.05) is 56.7 Å². The van der Waals surface area contributed by atoms with Gasteiger partial charge in [-0.05, 0) is 49.6 Å². The minimum Gasteiger partial charge on any atom is -0.494 e. The molecule has 1 unspecified atom stereocenters. The van der Waals surface area contributed by atoms with Gasteiger partial charge in [-0.3, -0.25) is 4.90 Å². The van der Waals surface area contributed by atoms with E-state index in [1.807, 2.05) is 29.7 Å². The highest BCUT2D eigenvalue weighted by molar-refractivity contribution is 5.70. The van der Waals surface area contributed by atoms with Crippen LogP contribution in [0.4, 0.5) is 17.3 Å². The molecule has 0 bridgehead atoms. The summed E-state index contributed by atoms with van der Waals surface area (Å²) in [5, 5.41) is 20.6. The summed E-state index contributed by atoms with van der Waals surface area (Å²) in [4.78, 5) is 14.1. The third-order valence-electron chi connectivity index (χ3n) is 8.17. The average Bonchev–Trinajstić information content (AvgIpc) is 3.58. The number of anilines is 3. The van der Waals surface area contributed by atoms with Gasteiger partial charge >= 0.3 is 0 Å². The fourth-order valence-electron chi connectivity index (χ4n) is 5.83. The van der Waals surface area contributed by atoms with E-state index >= 15 is 0 Å². The number of methoxy groups -OCH3 is 1. The molecular formula is C32H37N9O3. The standard InChI is InChI=1S/C32H37N9O3/c1-23(20-39-21-36-37-22-39)44-30-15-24(3-4-25(30)17-33)26-18-34-32(35-19-26)38-29-6-5-28(16-31(29)42-2)40-9-7-27(8-10-40)41-11-13-43-14-12-41/h3-6,15-16,18-19,21-23,27H,7-14,20H2,1-2H3,(H,34,35,38). The van der Waals surface area contributed by atoms with Gasteiger partial charge in [0.05, 0.1) is 38.1 Å². The molecule has 1 atom stereocenters. The second kappa shape index (κ2) is 13.7. The molecule has 228 valence electrons. The summed E-state index contributed by atoms with van der Waals surface area (Å²) in [6.07, 6.45) is 8.87. The van der Waals surface area contributed by atoms with E-state index in [1.165, 1.54) is 0 Å². The molecule has 2 aromatic carbocycles. The highest BCUT2D eigenvalue weighted by Crippen LogP contribution is 2.33. The van der Waals surface area contributed by atoms with E-state index in [0.717, 1.165) is 80.5 Å². The molecule has 0 spiro atoms. The SMILES string of the molecule is COc1cc(N2CCC(N3CCOCC3)CC2)ccc1Nc1ncc(-c2ccc(C#N)c(OC(C)Cn3cnnc3)c2)cn1. The topological polar surface area (TPSA) is 126 Å². The van der Waals surface area contributed by atoms with Gasteiger partial charge in [-0.2, -0.15) is 5.26 Å². The second-order valence-corrected chi connectivity index (χ2v) is 11.1. The monoisotopic (exact) mass is 595 g/mol. The average molecular weight is 596 g/mol. The predicted octanol–water partition coefficient (Wildman–Crippen LogP) is 4.13. The van der Waals surface area contributed by atoms with Crippen LogP contribution in [-0.4, -0.2) is 88.3 Å². The summed E-state index contributed by atoms with van der Waals surface area (Å²) in [5.41, 5.74) is 4.06. The van der Waals surface area contributed by atoms with Crippen molar-refractivity contribution in [1.82, 2.24) is 29.6 Å². The van der Waals surface area contributed by atoms with Crippen LogP contribution >= 0.6 is 0 Å². The maximum atomic E-state index is 9.61. The van der Waals surface area contributed by atoms with E-state index in [0.29, 0.717) is 29.8 Å². The van der Waals surface area contributed by atoms with Crippen LogP contribution in [0.3, 0.4) is 0 Å². The van der Waals surface area contributed by atoms with Crippen LogP contribution in [0.15, 0.2) is 61.4 Å². The zero-order chi connectivity index (χ0) is 30.3. The van der Waals surface area contributed by atoms with Gasteiger partial charge in [0.25, 0.3) is 0 Å². The van der Waals surface area contributed by atoms with Gasteiger partial charge < -0.3 is 29.0 Å². The Morgan fingerprint density at radius 2 is 1.73 bits per heavy atom. The normalized spacial score (nSPS) is 16.7. The molecule has 0 saturated carbocycles. The minimum atomic E-state index is -0.195. The molecule has 12 heteroatoms. The largest absolute Gasteiger partial charge is 0.494 e. The molecule has 0 radical (unpaired) electrons. The number of piperidine rings is 1. The van der Waals surface area contributed by atoms with Gasteiger partial charge in [-0.1, -0.05) is 6.07 Å². The summed E-state index contributed by atoms with van der Waals surface area (Å²) in [5.74, 6) is 1.70. The number of benzene rings is 2. The molecule has 44 heavy (non-hydrogen) atoms. The summed E-state index contributed by atoms with van der Waals surface area (Å²) < 4.78 is 19.2. The number of ether oxygens (including phenoxy) is 3. The Balaban J connectivity index is 1.10. The van der Waals surface area contributed by atoms with E-state index in [9.17, 15) is 5.26 Å².